The number of aryl methyl sites for hydroxylation is 1. The average Bonchev–Trinajstić information content (AvgIpc) is 1.99. The summed E-state index contributed by atoms with van der Waals surface area (Å²) in [6.45, 7) is 1.74. The summed E-state index contributed by atoms with van der Waals surface area (Å²) >= 11 is 0. The van der Waals surface area contributed by atoms with Gasteiger partial charge in [0.1, 0.15) is 12.5 Å². The van der Waals surface area contributed by atoms with Gasteiger partial charge in [0.15, 0.2) is 0 Å². The first-order chi connectivity index (χ1) is 6.72. The van der Waals surface area contributed by atoms with E-state index in [2.05, 4.69) is 0 Å². The van der Waals surface area contributed by atoms with Crippen molar-refractivity contribution in [3.63, 3.8) is 0 Å². The van der Waals surface area contributed by atoms with E-state index in [-0.39, 0.29) is 22.4 Å². The molecule has 92 valence electrons. The lowest BCUT2D eigenvalue weighted by atomic mass is 10.2. The topological polar surface area (TPSA) is 51.2 Å². The zero-order valence-electron chi connectivity index (χ0n) is 9.44. The van der Waals surface area contributed by atoms with Crippen LogP contribution in [0.2, 0.25) is 0 Å². The molecule has 0 N–H and O–H groups in total. The predicted molar refractivity (Wildman–Crippen MR) is 63.1 cm³/mol. The van der Waals surface area contributed by atoms with Crippen LogP contribution in [0.4, 0.5) is 0 Å². The molecular formula is C10H15ClO3S2. The summed E-state index contributed by atoms with van der Waals surface area (Å²) in [5.41, 5.74) is 0.696. The van der Waals surface area contributed by atoms with Crippen LogP contribution in [0, 0.1) is 6.92 Å². The number of benzene rings is 1. The first kappa shape index (κ1) is 15.6. The van der Waals surface area contributed by atoms with Crippen molar-refractivity contribution in [1.82, 2.24) is 0 Å². The molecule has 1 rings (SSSR count). The first-order valence-electron chi connectivity index (χ1n) is 4.43. The van der Waals surface area contributed by atoms with E-state index in [1.165, 1.54) is 12.5 Å². The molecule has 0 bridgehead atoms. The zero-order chi connectivity index (χ0) is 11.7. The SMILES string of the molecule is Cc1ccccc1S(=O)(=O)C[S+](C)(C)=O.[Cl-]. The Morgan fingerprint density at radius 2 is 1.69 bits per heavy atom. The van der Waals surface area contributed by atoms with Crippen molar-refractivity contribution in [2.75, 3.05) is 17.6 Å². The van der Waals surface area contributed by atoms with Crippen molar-refractivity contribution < 1.29 is 25.0 Å². The largest absolute Gasteiger partial charge is 1.00 e. The van der Waals surface area contributed by atoms with Gasteiger partial charge in [0, 0.05) is 0 Å². The second-order valence-electron chi connectivity index (χ2n) is 3.93. The Labute approximate surface area is 104 Å². The highest BCUT2D eigenvalue weighted by Gasteiger charge is 2.27. The minimum absolute atomic E-state index is 0. The minimum atomic E-state index is -3.42. The lowest BCUT2D eigenvalue weighted by molar-refractivity contribution is -0.00000732. The molecule has 0 unspecified atom stereocenters. The summed E-state index contributed by atoms with van der Waals surface area (Å²) in [4.78, 5) is 0.279. The standard InChI is InChI=1S/C10H15O3S2.ClH/c1-9-6-4-5-7-10(9)15(12,13)8-14(2,3)11;/h4-7H,8H2,1-3H3;1H/q+1;/p-1. The molecule has 0 fully saturated rings. The van der Waals surface area contributed by atoms with Crippen molar-refractivity contribution >= 4 is 19.8 Å². The van der Waals surface area contributed by atoms with Crippen LogP contribution >= 0.6 is 0 Å². The highest BCUT2D eigenvalue weighted by molar-refractivity contribution is 8.13. The smallest absolute Gasteiger partial charge is 0.224 e. The second-order valence-corrected chi connectivity index (χ2v) is 9.42. The van der Waals surface area contributed by atoms with Crippen LogP contribution in [-0.4, -0.2) is 26.0 Å². The van der Waals surface area contributed by atoms with E-state index in [1.807, 2.05) is 0 Å². The maximum atomic E-state index is 11.9. The van der Waals surface area contributed by atoms with E-state index in [4.69, 9.17) is 0 Å². The summed E-state index contributed by atoms with van der Waals surface area (Å²) in [6, 6.07) is 6.74. The number of rotatable bonds is 3. The van der Waals surface area contributed by atoms with Gasteiger partial charge in [0.05, 0.1) is 14.8 Å². The van der Waals surface area contributed by atoms with Crippen LogP contribution in [0.1, 0.15) is 5.56 Å². The fraction of sp³-hybridized carbons (Fsp3) is 0.400. The molecule has 0 saturated heterocycles. The molecule has 0 aliphatic heterocycles. The molecule has 0 aliphatic carbocycles. The number of sulfone groups is 1. The quantitative estimate of drug-likeness (QED) is 0.634. The van der Waals surface area contributed by atoms with Crippen LogP contribution < -0.4 is 12.4 Å². The van der Waals surface area contributed by atoms with Gasteiger partial charge in [0.2, 0.25) is 14.9 Å². The van der Waals surface area contributed by atoms with E-state index in [0.717, 1.165) is 0 Å². The summed E-state index contributed by atoms with van der Waals surface area (Å²) < 4.78 is 35.3. The molecule has 0 saturated carbocycles. The van der Waals surface area contributed by atoms with Gasteiger partial charge >= 0.3 is 0 Å². The maximum absolute atomic E-state index is 11.9. The highest BCUT2D eigenvalue weighted by atomic mass is 35.5. The molecule has 1 aromatic carbocycles. The second kappa shape index (κ2) is 5.29. The molecule has 16 heavy (non-hydrogen) atoms. The van der Waals surface area contributed by atoms with Crippen molar-refractivity contribution in [3.8, 4) is 0 Å². The lowest BCUT2D eigenvalue weighted by Crippen LogP contribution is -3.00. The average molecular weight is 283 g/mol. The molecule has 1 aromatic rings. The number of hydrogen-bond acceptors (Lipinski definition) is 3. The van der Waals surface area contributed by atoms with E-state index < -0.39 is 19.8 Å². The van der Waals surface area contributed by atoms with Gasteiger partial charge in [-0.1, -0.05) is 18.2 Å². The van der Waals surface area contributed by atoms with Gasteiger partial charge in [-0.2, -0.15) is 0 Å². The van der Waals surface area contributed by atoms with Gasteiger partial charge < -0.3 is 12.4 Å². The van der Waals surface area contributed by atoms with Gasteiger partial charge in [-0.25, -0.2) is 8.42 Å². The number of hydrogen-bond donors (Lipinski definition) is 0. The van der Waals surface area contributed by atoms with Crippen molar-refractivity contribution in [1.29, 1.82) is 0 Å². The zero-order valence-corrected chi connectivity index (χ0v) is 11.8. The Hall–Kier alpha value is -0.390. The highest BCUT2D eigenvalue weighted by Crippen LogP contribution is 2.18. The first-order valence-corrected chi connectivity index (χ1v) is 8.62. The molecule has 0 aromatic heterocycles. The molecule has 0 radical (unpaired) electrons. The normalized spacial score (nSPS) is 11.9. The Morgan fingerprint density at radius 1 is 1.19 bits per heavy atom. The van der Waals surface area contributed by atoms with Crippen molar-refractivity contribution in [3.05, 3.63) is 29.8 Å². The van der Waals surface area contributed by atoms with Gasteiger partial charge in [-0.3, -0.25) is 0 Å². The minimum Gasteiger partial charge on any atom is -1.00 e. The van der Waals surface area contributed by atoms with Gasteiger partial charge in [-0.05, 0) is 18.6 Å². The summed E-state index contributed by atoms with van der Waals surface area (Å²) in [5, 5.41) is -0.287. The summed E-state index contributed by atoms with van der Waals surface area (Å²) in [5.74, 6) is 0. The fourth-order valence-electron chi connectivity index (χ4n) is 1.34. The summed E-state index contributed by atoms with van der Waals surface area (Å²) in [6.07, 6.45) is 2.92. The van der Waals surface area contributed by atoms with Crippen LogP contribution in [0.25, 0.3) is 0 Å². The van der Waals surface area contributed by atoms with E-state index in [0.29, 0.717) is 5.56 Å². The van der Waals surface area contributed by atoms with E-state index in [9.17, 15) is 12.6 Å². The molecule has 0 amide bonds. The van der Waals surface area contributed by atoms with Crippen LogP contribution in [0.5, 0.6) is 0 Å². The molecule has 0 spiro atoms. The third kappa shape index (κ3) is 4.23. The van der Waals surface area contributed by atoms with Crippen molar-refractivity contribution in [2.24, 2.45) is 0 Å². The Bertz CT molecular complexity index is 503. The lowest BCUT2D eigenvalue weighted by Gasteiger charge is -2.06. The third-order valence-corrected chi connectivity index (χ3v) is 6.51. The fourth-order valence-corrected chi connectivity index (χ4v) is 5.68. The monoisotopic (exact) mass is 282 g/mol. The molecule has 3 nitrogen and oxygen atoms in total. The van der Waals surface area contributed by atoms with Crippen molar-refractivity contribution in [2.45, 2.75) is 11.8 Å². The predicted octanol–water partition coefficient (Wildman–Crippen LogP) is -1.51. The number of halogens is 1. The van der Waals surface area contributed by atoms with Crippen LogP contribution in [-0.2, 0) is 24.0 Å². The third-order valence-electron chi connectivity index (χ3n) is 1.87. The maximum Gasteiger partial charge on any atom is 0.224 e. The molecule has 0 aliphatic rings. The van der Waals surface area contributed by atoms with Crippen LogP contribution in [0.15, 0.2) is 29.2 Å². The van der Waals surface area contributed by atoms with Gasteiger partial charge in [0.25, 0.3) is 0 Å². The molecular weight excluding hydrogens is 268 g/mol. The Balaban J connectivity index is 0.00000225. The Morgan fingerprint density at radius 3 is 2.12 bits per heavy atom. The molecule has 0 heterocycles. The molecule has 6 heteroatoms. The van der Waals surface area contributed by atoms with Crippen LogP contribution in [0.3, 0.4) is 0 Å². The van der Waals surface area contributed by atoms with E-state index >= 15 is 0 Å². The van der Waals surface area contributed by atoms with Gasteiger partial charge in [-0.15, -0.1) is 4.21 Å². The Kier molecular flexibility index (Phi) is 5.16. The van der Waals surface area contributed by atoms with E-state index in [1.54, 1.807) is 31.2 Å². The molecule has 0 atom stereocenters. The summed E-state index contributed by atoms with van der Waals surface area (Å²) in [7, 11) is -5.71.